The highest BCUT2D eigenvalue weighted by molar-refractivity contribution is 7.92. The van der Waals surface area contributed by atoms with E-state index in [0.717, 1.165) is 12.8 Å². The number of ether oxygens (including phenoxy) is 1. The summed E-state index contributed by atoms with van der Waals surface area (Å²) in [6, 6.07) is 9.40. The zero-order chi connectivity index (χ0) is 23.5. The topological polar surface area (TPSA) is 122 Å². The molecule has 2 aromatic rings. The molecule has 174 valence electrons. The van der Waals surface area contributed by atoms with Gasteiger partial charge in [-0.25, -0.2) is 16.8 Å². The van der Waals surface area contributed by atoms with Crippen LogP contribution in [-0.2, 0) is 20.0 Å². The molecule has 0 unspecified atom stereocenters. The third kappa shape index (κ3) is 5.22. The molecule has 32 heavy (non-hydrogen) atoms. The molecule has 0 radical (unpaired) electrons. The lowest BCUT2D eigenvalue weighted by Gasteiger charge is -2.16. The lowest BCUT2D eigenvalue weighted by molar-refractivity contribution is 0.0940. The summed E-state index contributed by atoms with van der Waals surface area (Å²) < 4.78 is 60.0. The average Bonchev–Trinajstić information content (AvgIpc) is 3.29. The molecule has 2 aromatic carbocycles. The number of rotatable bonds is 8. The van der Waals surface area contributed by atoms with Crippen LogP contribution in [0.5, 0.6) is 5.75 Å². The number of carbonyl (C=O) groups is 1. The van der Waals surface area contributed by atoms with Crippen LogP contribution >= 0.6 is 0 Å². The van der Waals surface area contributed by atoms with Crippen molar-refractivity contribution in [1.29, 1.82) is 0 Å². The van der Waals surface area contributed by atoms with Crippen molar-refractivity contribution in [2.24, 2.45) is 0 Å². The first-order valence-electron chi connectivity index (χ1n) is 10.2. The molecule has 1 aliphatic rings. The second-order valence-electron chi connectivity index (χ2n) is 7.73. The Morgan fingerprint density at radius 1 is 0.969 bits per heavy atom. The van der Waals surface area contributed by atoms with Crippen molar-refractivity contribution in [1.82, 2.24) is 9.62 Å². The van der Waals surface area contributed by atoms with Crippen LogP contribution in [0.3, 0.4) is 0 Å². The van der Waals surface area contributed by atoms with Gasteiger partial charge in [0.2, 0.25) is 10.0 Å². The van der Waals surface area contributed by atoms with Crippen LogP contribution in [0, 0.1) is 0 Å². The van der Waals surface area contributed by atoms with Crippen molar-refractivity contribution in [3.63, 3.8) is 0 Å². The minimum Gasteiger partial charge on any atom is -0.496 e. The monoisotopic (exact) mass is 481 g/mol. The highest BCUT2D eigenvalue weighted by Gasteiger charge is 2.27. The van der Waals surface area contributed by atoms with Gasteiger partial charge in [0.05, 0.1) is 22.5 Å². The summed E-state index contributed by atoms with van der Waals surface area (Å²) in [5.74, 6) is -0.205. The van der Waals surface area contributed by atoms with E-state index in [1.165, 1.54) is 53.9 Å². The standard InChI is InChI=1S/C21H27N3O6S2/c1-15(2)22-21(25)19-14-18(10-11-20(19)30-3)31(26,27)23-16-6-8-17(9-7-16)32(28,29)24-12-4-5-13-24/h6-11,14-15,23H,4-5,12-13H2,1-3H3,(H,22,25). The predicted molar refractivity (Wildman–Crippen MR) is 121 cm³/mol. The van der Waals surface area contributed by atoms with E-state index in [2.05, 4.69) is 10.0 Å². The van der Waals surface area contributed by atoms with Crippen molar-refractivity contribution in [3.8, 4) is 5.75 Å². The zero-order valence-electron chi connectivity index (χ0n) is 18.2. The van der Waals surface area contributed by atoms with Crippen LogP contribution in [0.2, 0.25) is 0 Å². The minimum atomic E-state index is -4.03. The van der Waals surface area contributed by atoms with Crippen LogP contribution in [-0.4, -0.2) is 53.3 Å². The molecule has 1 aliphatic heterocycles. The van der Waals surface area contributed by atoms with Crippen molar-refractivity contribution in [3.05, 3.63) is 48.0 Å². The van der Waals surface area contributed by atoms with E-state index in [-0.39, 0.29) is 32.8 Å². The molecule has 0 saturated carbocycles. The van der Waals surface area contributed by atoms with Crippen LogP contribution in [0.15, 0.2) is 52.3 Å². The first kappa shape index (κ1) is 24.0. The second-order valence-corrected chi connectivity index (χ2v) is 11.4. The molecule has 0 aromatic heterocycles. The van der Waals surface area contributed by atoms with Crippen molar-refractivity contribution in [2.75, 3.05) is 24.9 Å². The fraction of sp³-hybridized carbons (Fsp3) is 0.381. The number of nitrogens with zero attached hydrogens (tertiary/aromatic N) is 1. The Morgan fingerprint density at radius 2 is 1.56 bits per heavy atom. The number of nitrogens with one attached hydrogen (secondary N) is 2. The van der Waals surface area contributed by atoms with E-state index in [1.54, 1.807) is 13.8 Å². The third-order valence-electron chi connectivity index (χ3n) is 4.95. The molecule has 0 aliphatic carbocycles. The van der Waals surface area contributed by atoms with Gasteiger partial charge in [-0.3, -0.25) is 9.52 Å². The molecule has 1 fully saturated rings. The number of anilines is 1. The predicted octanol–water partition coefficient (Wildman–Crippen LogP) is 2.42. The lowest BCUT2D eigenvalue weighted by Crippen LogP contribution is -2.30. The number of hydrogen-bond acceptors (Lipinski definition) is 6. The third-order valence-corrected chi connectivity index (χ3v) is 8.25. The zero-order valence-corrected chi connectivity index (χ0v) is 19.8. The molecule has 2 N–H and O–H groups in total. The van der Waals surface area contributed by atoms with Gasteiger partial charge in [-0.1, -0.05) is 0 Å². The van der Waals surface area contributed by atoms with Gasteiger partial charge in [-0.15, -0.1) is 0 Å². The molecule has 9 nitrogen and oxygen atoms in total. The SMILES string of the molecule is COc1ccc(S(=O)(=O)Nc2ccc(S(=O)(=O)N3CCCC3)cc2)cc1C(=O)NC(C)C. The number of hydrogen-bond donors (Lipinski definition) is 2. The van der Waals surface area contributed by atoms with Crippen LogP contribution in [0.25, 0.3) is 0 Å². The van der Waals surface area contributed by atoms with Gasteiger partial charge in [0, 0.05) is 24.8 Å². The normalized spacial score (nSPS) is 15.0. The fourth-order valence-corrected chi connectivity index (χ4v) is 5.96. The Hall–Kier alpha value is -2.63. The first-order valence-corrected chi connectivity index (χ1v) is 13.1. The Bertz CT molecular complexity index is 1190. The maximum absolute atomic E-state index is 12.9. The fourth-order valence-electron chi connectivity index (χ4n) is 3.36. The highest BCUT2D eigenvalue weighted by Crippen LogP contribution is 2.26. The van der Waals surface area contributed by atoms with Gasteiger partial charge >= 0.3 is 0 Å². The van der Waals surface area contributed by atoms with E-state index < -0.39 is 26.0 Å². The van der Waals surface area contributed by atoms with E-state index in [0.29, 0.717) is 13.1 Å². The smallest absolute Gasteiger partial charge is 0.261 e. The number of amides is 1. The van der Waals surface area contributed by atoms with Gasteiger partial charge in [0.25, 0.3) is 15.9 Å². The van der Waals surface area contributed by atoms with Crippen molar-refractivity contribution >= 4 is 31.6 Å². The molecular formula is C21H27N3O6S2. The second kappa shape index (κ2) is 9.47. The van der Waals surface area contributed by atoms with Crippen LogP contribution < -0.4 is 14.8 Å². The molecule has 1 saturated heterocycles. The van der Waals surface area contributed by atoms with Crippen molar-refractivity contribution < 1.29 is 26.4 Å². The summed E-state index contributed by atoms with van der Waals surface area (Å²) in [7, 11) is -6.22. The summed E-state index contributed by atoms with van der Waals surface area (Å²) in [4.78, 5) is 12.4. The summed E-state index contributed by atoms with van der Waals surface area (Å²) in [5.41, 5.74) is 0.297. The number of sulfonamides is 2. The van der Waals surface area contributed by atoms with Gasteiger partial charge in [0.15, 0.2) is 0 Å². The van der Waals surface area contributed by atoms with Crippen LogP contribution in [0.4, 0.5) is 5.69 Å². The van der Waals surface area contributed by atoms with E-state index >= 15 is 0 Å². The molecule has 0 bridgehead atoms. The molecule has 3 rings (SSSR count). The molecule has 1 heterocycles. The molecule has 0 spiro atoms. The van der Waals surface area contributed by atoms with E-state index in [1.807, 2.05) is 0 Å². The molecule has 0 atom stereocenters. The molecule has 1 amide bonds. The Balaban J connectivity index is 1.84. The summed E-state index contributed by atoms with van der Waals surface area (Å²) in [6.45, 7) is 4.56. The van der Waals surface area contributed by atoms with Gasteiger partial charge < -0.3 is 10.1 Å². The molecule has 11 heteroatoms. The molecular weight excluding hydrogens is 454 g/mol. The largest absolute Gasteiger partial charge is 0.496 e. The lowest BCUT2D eigenvalue weighted by atomic mass is 10.2. The van der Waals surface area contributed by atoms with Gasteiger partial charge in [0.1, 0.15) is 5.75 Å². The van der Waals surface area contributed by atoms with E-state index in [9.17, 15) is 21.6 Å². The van der Waals surface area contributed by atoms with Crippen molar-refractivity contribution in [2.45, 2.75) is 42.5 Å². The number of carbonyl (C=O) groups excluding carboxylic acids is 1. The quantitative estimate of drug-likeness (QED) is 0.597. The first-order chi connectivity index (χ1) is 15.0. The Labute approximate surface area is 188 Å². The van der Waals surface area contributed by atoms with Crippen LogP contribution in [0.1, 0.15) is 37.0 Å². The summed E-state index contributed by atoms with van der Waals surface area (Å²) >= 11 is 0. The maximum Gasteiger partial charge on any atom is 0.261 e. The Kier molecular flexibility index (Phi) is 7.11. The van der Waals surface area contributed by atoms with E-state index in [4.69, 9.17) is 4.74 Å². The maximum atomic E-state index is 12.9. The van der Waals surface area contributed by atoms with Gasteiger partial charge in [-0.2, -0.15) is 4.31 Å². The van der Waals surface area contributed by atoms with Gasteiger partial charge in [-0.05, 0) is 69.2 Å². The Morgan fingerprint density at radius 3 is 2.12 bits per heavy atom. The minimum absolute atomic E-state index is 0.0936. The average molecular weight is 482 g/mol. The summed E-state index contributed by atoms with van der Waals surface area (Å²) in [5, 5.41) is 2.71. The number of methoxy groups -OCH3 is 1. The number of benzene rings is 2. The highest BCUT2D eigenvalue weighted by atomic mass is 32.2. The summed E-state index contributed by atoms with van der Waals surface area (Å²) in [6.07, 6.45) is 1.66.